The van der Waals surface area contributed by atoms with E-state index in [1.807, 2.05) is 0 Å². The Hall–Kier alpha value is -1.56. The van der Waals surface area contributed by atoms with Gasteiger partial charge in [-0.2, -0.15) is 0 Å². The van der Waals surface area contributed by atoms with Gasteiger partial charge in [-0.15, -0.1) is 0 Å². The first kappa shape index (κ1) is 13.9. The Labute approximate surface area is 117 Å². The minimum Gasteiger partial charge on any atom is -0.0625 e. The molecule has 0 saturated carbocycles. The molecule has 0 amide bonds. The summed E-state index contributed by atoms with van der Waals surface area (Å²) in [7, 11) is 0. The van der Waals surface area contributed by atoms with E-state index in [9.17, 15) is 0 Å². The van der Waals surface area contributed by atoms with Crippen molar-refractivity contribution in [2.75, 3.05) is 0 Å². The SMILES string of the molecule is CC(C)C(C)CC(c1ccccc1)c1ccccc1. The molecule has 0 heterocycles. The molecule has 0 bridgehead atoms. The topological polar surface area (TPSA) is 0 Å². The largest absolute Gasteiger partial charge is 0.0625 e. The maximum Gasteiger partial charge on any atom is 0.00919 e. The molecule has 19 heavy (non-hydrogen) atoms. The number of benzene rings is 2. The van der Waals surface area contributed by atoms with Crippen LogP contribution >= 0.6 is 0 Å². The Morgan fingerprint density at radius 1 is 0.684 bits per heavy atom. The molecule has 0 aliphatic carbocycles. The van der Waals surface area contributed by atoms with E-state index in [1.54, 1.807) is 0 Å². The molecule has 2 aromatic rings. The number of hydrogen-bond acceptors (Lipinski definition) is 0. The van der Waals surface area contributed by atoms with E-state index in [0.29, 0.717) is 5.92 Å². The van der Waals surface area contributed by atoms with Crippen LogP contribution in [0.5, 0.6) is 0 Å². The zero-order valence-corrected chi connectivity index (χ0v) is 12.2. The fraction of sp³-hybridized carbons (Fsp3) is 0.368. The summed E-state index contributed by atoms with van der Waals surface area (Å²) in [5, 5.41) is 0. The van der Waals surface area contributed by atoms with Crippen LogP contribution in [0.1, 0.15) is 44.2 Å². The second-order valence-corrected chi connectivity index (χ2v) is 5.83. The molecule has 0 saturated heterocycles. The van der Waals surface area contributed by atoms with Gasteiger partial charge in [-0.3, -0.25) is 0 Å². The van der Waals surface area contributed by atoms with Gasteiger partial charge in [-0.25, -0.2) is 0 Å². The van der Waals surface area contributed by atoms with Crippen LogP contribution in [0.2, 0.25) is 0 Å². The molecule has 0 aliphatic heterocycles. The number of rotatable bonds is 5. The van der Waals surface area contributed by atoms with Crippen LogP contribution in [0, 0.1) is 11.8 Å². The van der Waals surface area contributed by atoms with Gasteiger partial charge in [0, 0.05) is 5.92 Å². The lowest BCUT2D eigenvalue weighted by Crippen LogP contribution is -2.11. The molecule has 0 radical (unpaired) electrons. The summed E-state index contributed by atoms with van der Waals surface area (Å²) in [6.45, 7) is 7.00. The molecule has 0 fully saturated rings. The second-order valence-electron chi connectivity index (χ2n) is 5.83. The highest BCUT2D eigenvalue weighted by Crippen LogP contribution is 2.33. The van der Waals surface area contributed by atoms with Crippen LogP contribution in [0.3, 0.4) is 0 Å². The standard InChI is InChI=1S/C19H24/c1-15(2)16(3)14-19(17-10-6-4-7-11-17)18-12-8-5-9-13-18/h4-13,15-16,19H,14H2,1-3H3. The lowest BCUT2D eigenvalue weighted by molar-refractivity contribution is 0.376. The highest BCUT2D eigenvalue weighted by Gasteiger charge is 2.18. The minimum absolute atomic E-state index is 0.514. The summed E-state index contributed by atoms with van der Waals surface area (Å²) in [5.41, 5.74) is 2.86. The van der Waals surface area contributed by atoms with Gasteiger partial charge >= 0.3 is 0 Å². The summed E-state index contributed by atoms with van der Waals surface area (Å²) in [4.78, 5) is 0. The quantitative estimate of drug-likeness (QED) is 0.659. The van der Waals surface area contributed by atoms with Crippen molar-refractivity contribution in [3.05, 3.63) is 71.8 Å². The average molecular weight is 252 g/mol. The fourth-order valence-corrected chi connectivity index (χ4v) is 2.48. The van der Waals surface area contributed by atoms with E-state index in [0.717, 1.165) is 11.8 Å². The van der Waals surface area contributed by atoms with Gasteiger partial charge in [0.1, 0.15) is 0 Å². The first-order valence-electron chi connectivity index (χ1n) is 7.28. The molecular formula is C19H24. The Balaban J connectivity index is 2.29. The van der Waals surface area contributed by atoms with Crippen molar-refractivity contribution in [1.82, 2.24) is 0 Å². The third kappa shape index (κ3) is 3.70. The summed E-state index contributed by atoms with van der Waals surface area (Å²) < 4.78 is 0. The van der Waals surface area contributed by atoms with Gasteiger partial charge in [0.25, 0.3) is 0 Å². The highest BCUT2D eigenvalue weighted by molar-refractivity contribution is 5.32. The first-order chi connectivity index (χ1) is 9.18. The van der Waals surface area contributed by atoms with Crippen LogP contribution in [0.25, 0.3) is 0 Å². The summed E-state index contributed by atoms with van der Waals surface area (Å²) in [6, 6.07) is 21.8. The van der Waals surface area contributed by atoms with Crippen LogP contribution < -0.4 is 0 Å². The Bertz CT molecular complexity index is 430. The van der Waals surface area contributed by atoms with E-state index >= 15 is 0 Å². The van der Waals surface area contributed by atoms with Crippen LogP contribution in [0.15, 0.2) is 60.7 Å². The molecule has 100 valence electrons. The molecular weight excluding hydrogens is 228 g/mol. The molecule has 1 unspecified atom stereocenters. The zero-order valence-electron chi connectivity index (χ0n) is 12.2. The maximum absolute atomic E-state index is 2.36. The minimum atomic E-state index is 0.514. The third-order valence-electron chi connectivity index (χ3n) is 4.15. The molecule has 0 aromatic heterocycles. The van der Waals surface area contributed by atoms with Gasteiger partial charge < -0.3 is 0 Å². The summed E-state index contributed by atoms with van der Waals surface area (Å²) in [5.74, 6) is 1.97. The smallest absolute Gasteiger partial charge is 0.00919 e. The maximum atomic E-state index is 2.36. The van der Waals surface area contributed by atoms with Crippen molar-refractivity contribution in [1.29, 1.82) is 0 Å². The van der Waals surface area contributed by atoms with E-state index < -0.39 is 0 Å². The summed E-state index contributed by atoms with van der Waals surface area (Å²) in [6.07, 6.45) is 1.21. The second kappa shape index (κ2) is 6.56. The molecule has 0 heteroatoms. The molecule has 0 aliphatic rings. The van der Waals surface area contributed by atoms with E-state index in [-0.39, 0.29) is 0 Å². The van der Waals surface area contributed by atoms with Crippen LogP contribution in [-0.2, 0) is 0 Å². The van der Waals surface area contributed by atoms with Crippen molar-refractivity contribution >= 4 is 0 Å². The number of hydrogen-bond donors (Lipinski definition) is 0. The Morgan fingerprint density at radius 3 is 1.47 bits per heavy atom. The Kier molecular flexibility index (Phi) is 4.79. The first-order valence-corrected chi connectivity index (χ1v) is 7.28. The summed E-state index contributed by atoms with van der Waals surface area (Å²) >= 11 is 0. The monoisotopic (exact) mass is 252 g/mol. The molecule has 0 N–H and O–H groups in total. The van der Waals surface area contributed by atoms with Crippen molar-refractivity contribution in [2.24, 2.45) is 11.8 Å². The van der Waals surface area contributed by atoms with Crippen molar-refractivity contribution in [2.45, 2.75) is 33.1 Å². The van der Waals surface area contributed by atoms with Gasteiger partial charge in [0.15, 0.2) is 0 Å². The Morgan fingerprint density at radius 2 is 1.11 bits per heavy atom. The highest BCUT2D eigenvalue weighted by atomic mass is 14.2. The molecule has 0 nitrogen and oxygen atoms in total. The molecule has 1 atom stereocenters. The van der Waals surface area contributed by atoms with Crippen LogP contribution in [0.4, 0.5) is 0 Å². The van der Waals surface area contributed by atoms with Gasteiger partial charge in [-0.1, -0.05) is 81.4 Å². The van der Waals surface area contributed by atoms with Crippen LogP contribution in [-0.4, -0.2) is 0 Å². The van der Waals surface area contributed by atoms with E-state index in [1.165, 1.54) is 17.5 Å². The molecule has 2 aromatic carbocycles. The van der Waals surface area contributed by atoms with Gasteiger partial charge in [-0.05, 0) is 29.4 Å². The van der Waals surface area contributed by atoms with Gasteiger partial charge in [0.2, 0.25) is 0 Å². The predicted octanol–water partition coefficient (Wildman–Crippen LogP) is 5.50. The molecule has 2 rings (SSSR count). The fourth-order valence-electron chi connectivity index (χ4n) is 2.48. The van der Waals surface area contributed by atoms with Gasteiger partial charge in [0.05, 0.1) is 0 Å². The van der Waals surface area contributed by atoms with E-state index in [2.05, 4.69) is 81.4 Å². The lowest BCUT2D eigenvalue weighted by atomic mass is 9.81. The molecule has 0 spiro atoms. The van der Waals surface area contributed by atoms with E-state index in [4.69, 9.17) is 0 Å². The normalized spacial score (nSPS) is 12.9. The average Bonchev–Trinajstić information content (AvgIpc) is 2.46. The third-order valence-corrected chi connectivity index (χ3v) is 4.15. The lowest BCUT2D eigenvalue weighted by Gasteiger charge is -2.24. The van der Waals surface area contributed by atoms with Crippen molar-refractivity contribution in [3.63, 3.8) is 0 Å². The van der Waals surface area contributed by atoms with Crippen molar-refractivity contribution < 1.29 is 0 Å². The zero-order chi connectivity index (χ0) is 13.7. The predicted molar refractivity (Wildman–Crippen MR) is 83.3 cm³/mol. The van der Waals surface area contributed by atoms with Crippen molar-refractivity contribution in [3.8, 4) is 0 Å².